The van der Waals surface area contributed by atoms with Crippen LogP contribution in [0.3, 0.4) is 0 Å². The first-order valence-electron chi connectivity index (χ1n) is 6.76. The summed E-state index contributed by atoms with van der Waals surface area (Å²) in [6.45, 7) is 7.51. The second-order valence-electron chi connectivity index (χ2n) is 4.65. The Labute approximate surface area is 116 Å². The third kappa shape index (κ3) is 4.28. The van der Waals surface area contributed by atoms with Gasteiger partial charge in [-0.15, -0.1) is 0 Å². The van der Waals surface area contributed by atoms with Crippen molar-refractivity contribution in [1.29, 1.82) is 0 Å². The van der Waals surface area contributed by atoms with E-state index in [1.807, 2.05) is 18.2 Å². The van der Waals surface area contributed by atoms with Gasteiger partial charge >= 0.3 is 0 Å². The lowest BCUT2D eigenvalue weighted by molar-refractivity contribution is 0.354. The second kappa shape index (κ2) is 7.85. The monoisotopic (exact) mass is 263 g/mol. The van der Waals surface area contributed by atoms with E-state index in [4.69, 9.17) is 9.47 Å². The molecule has 1 aromatic carbocycles. The minimum absolute atomic E-state index is 0.357. The molecule has 0 saturated carbocycles. The number of nitrogens with one attached hydrogen (secondary N) is 1. The number of methoxy groups -OCH3 is 2. The van der Waals surface area contributed by atoms with E-state index in [0.717, 1.165) is 30.0 Å². The van der Waals surface area contributed by atoms with Crippen molar-refractivity contribution in [2.24, 2.45) is 0 Å². The molecule has 1 aromatic rings. The van der Waals surface area contributed by atoms with Crippen LogP contribution in [-0.2, 0) is 0 Å². The van der Waals surface area contributed by atoms with Crippen molar-refractivity contribution in [3.8, 4) is 11.5 Å². The van der Waals surface area contributed by atoms with Gasteiger partial charge < -0.3 is 14.8 Å². The molecule has 0 spiro atoms. The molecule has 1 rings (SSSR count). The SMILES string of the molecule is CCCNC(C)/C(C)=C/c1cccc(OC)c1OC. The topological polar surface area (TPSA) is 30.5 Å². The summed E-state index contributed by atoms with van der Waals surface area (Å²) in [6.07, 6.45) is 3.29. The van der Waals surface area contributed by atoms with Crippen LogP contribution in [0.2, 0.25) is 0 Å². The highest BCUT2D eigenvalue weighted by Gasteiger charge is 2.09. The number of benzene rings is 1. The molecule has 3 heteroatoms. The second-order valence-corrected chi connectivity index (χ2v) is 4.65. The molecule has 0 aliphatic rings. The highest BCUT2D eigenvalue weighted by molar-refractivity contribution is 5.64. The van der Waals surface area contributed by atoms with E-state index >= 15 is 0 Å². The Kier molecular flexibility index (Phi) is 6.43. The third-order valence-electron chi connectivity index (χ3n) is 3.20. The molecule has 19 heavy (non-hydrogen) atoms. The fraction of sp³-hybridized carbons (Fsp3) is 0.500. The maximum atomic E-state index is 5.44. The minimum atomic E-state index is 0.357. The van der Waals surface area contributed by atoms with Crippen LogP contribution >= 0.6 is 0 Å². The summed E-state index contributed by atoms with van der Waals surface area (Å²) in [7, 11) is 3.33. The fourth-order valence-corrected chi connectivity index (χ4v) is 1.92. The molecule has 1 atom stereocenters. The summed E-state index contributed by atoms with van der Waals surface area (Å²) in [4.78, 5) is 0. The minimum Gasteiger partial charge on any atom is -0.493 e. The van der Waals surface area contributed by atoms with E-state index in [0.29, 0.717) is 6.04 Å². The zero-order valence-corrected chi connectivity index (χ0v) is 12.6. The standard InChI is InChI=1S/C16H25NO2/c1-6-10-17-13(3)12(2)11-14-8-7-9-15(18-4)16(14)19-5/h7-9,11,13,17H,6,10H2,1-5H3/b12-11+. The molecule has 106 valence electrons. The lowest BCUT2D eigenvalue weighted by atomic mass is 10.1. The number of rotatable bonds is 7. The van der Waals surface area contributed by atoms with Gasteiger partial charge in [0.25, 0.3) is 0 Å². The smallest absolute Gasteiger partial charge is 0.167 e. The Hall–Kier alpha value is -1.48. The average molecular weight is 263 g/mol. The first-order chi connectivity index (χ1) is 9.13. The summed E-state index contributed by atoms with van der Waals surface area (Å²) in [5, 5.41) is 3.48. The van der Waals surface area contributed by atoms with Gasteiger partial charge in [0, 0.05) is 11.6 Å². The normalized spacial score (nSPS) is 13.2. The highest BCUT2D eigenvalue weighted by Crippen LogP contribution is 2.32. The molecule has 0 heterocycles. The van der Waals surface area contributed by atoms with Gasteiger partial charge in [-0.05, 0) is 32.9 Å². The van der Waals surface area contributed by atoms with E-state index in [1.54, 1.807) is 14.2 Å². The molecule has 0 aliphatic carbocycles. The quantitative estimate of drug-likeness (QED) is 0.816. The van der Waals surface area contributed by atoms with Gasteiger partial charge in [-0.1, -0.05) is 30.7 Å². The number of ether oxygens (including phenoxy) is 2. The summed E-state index contributed by atoms with van der Waals surface area (Å²) in [6, 6.07) is 6.28. The van der Waals surface area contributed by atoms with Gasteiger partial charge in [-0.3, -0.25) is 0 Å². The first kappa shape index (κ1) is 15.6. The number of hydrogen-bond acceptors (Lipinski definition) is 3. The van der Waals surface area contributed by atoms with Gasteiger partial charge in [0.15, 0.2) is 11.5 Å². The summed E-state index contributed by atoms with van der Waals surface area (Å²) < 4.78 is 10.8. The fourth-order valence-electron chi connectivity index (χ4n) is 1.92. The van der Waals surface area contributed by atoms with Gasteiger partial charge in [0.05, 0.1) is 14.2 Å². The molecule has 0 radical (unpaired) electrons. The predicted molar refractivity (Wildman–Crippen MR) is 81.0 cm³/mol. The zero-order valence-electron chi connectivity index (χ0n) is 12.6. The summed E-state index contributed by atoms with van der Waals surface area (Å²) in [5.74, 6) is 1.55. The third-order valence-corrected chi connectivity index (χ3v) is 3.20. The van der Waals surface area contributed by atoms with Crippen LogP contribution in [0.4, 0.5) is 0 Å². The Morgan fingerprint density at radius 2 is 2.05 bits per heavy atom. The Balaban J connectivity index is 2.96. The zero-order chi connectivity index (χ0) is 14.3. The van der Waals surface area contributed by atoms with Crippen LogP contribution in [0.1, 0.15) is 32.8 Å². The highest BCUT2D eigenvalue weighted by atomic mass is 16.5. The molecular weight excluding hydrogens is 238 g/mol. The van der Waals surface area contributed by atoms with Crippen molar-refractivity contribution in [1.82, 2.24) is 5.32 Å². The Morgan fingerprint density at radius 1 is 1.32 bits per heavy atom. The molecule has 3 nitrogen and oxygen atoms in total. The number of para-hydroxylation sites is 1. The van der Waals surface area contributed by atoms with Crippen LogP contribution in [0.15, 0.2) is 23.8 Å². The molecular formula is C16H25NO2. The van der Waals surface area contributed by atoms with E-state index in [9.17, 15) is 0 Å². The van der Waals surface area contributed by atoms with E-state index in [2.05, 4.69) is 32.2 Å². The maximum absolute atomic E-state index is 5.44. The molecule has 1 N–H and O–H groups in total. The lowest BCUT2D eigenvalue weighted by Gasteiger charge is -2.15. The van der Waals surface area contributed by atoms with Crippen LogP contribution in [0.25, 0.3) is 6.08 Å². The largest absolute Gasteiger partial charge is 0.493 e. The van der Waals surface area contributed by atoms with Gasteiger partial charge in [0.1, 0.15) is 0 Å². The van der Waals surface area contributed by atoms with Crippen molar-refractivity contribution in [2.75, 3.05) is 20.8 Å². The molecule has 0 saturated heterocycles. The van der Waals surface area contributed by atoms with Crippen molar-refractivity contribution < 1.29 is 9.47 Å². The Bertz CT molecular complexity index is 427. The van der Waals surface area contributed by atoms with Gasteiger partial charge in [-0.25, -0.2) is 0 Å². The van der Waals surface area contributed by atoms with Crippen molar-refractivity contribution >= 4 is 6.08 Å². The van der Waals surface area contributed by atoms with Crippen LogP contribution < -0.4 is 14.8 Å². The summed E-state index contributed by atoms with van der Waals surface area (Å²) in [5.41, 5.74) is 2.32. The summed E-state index contributed by atoms with van der Waals surface area (Å²) >= 11 is 0. The van der Waals surface area contributed by atoms with E-state index in [1.165, 1.54) is 5.57 Å². The molecule has 0 fully saturated rings. The lowest BCUT2D eigenvalue weighted by Crippen LogP contribution is -2.27. The molecule has 0 amide bonds. The molecule has 0 aliphatic heterocycles. The first-order valence-corrected chi connectivity index (χ1v) is 6.76. The van der Waals surface area contributed by atoms with Crippen molar-refractivity contribution in [3.63, 3.8) is 0 Å². The van der Waals surface area contributed by atoms with Gasteiger partial charge in [-0.2, -0.15) is 0 Å². The maximum Gasteiger partial charge on any atom is 0.167 e. The molecule has 1 unspecified atom stereocenters. The van der Waals surface area contributed by atoms with E-state index in [-0.39, 0.29) is 0 Å². The van der Waals surface area contributed by atoms with Crippen molar-refractivity contribution in [2.45, 2.75) is 33.2 Å². The van der Waals surface area contributed by atoms with Crippen molar-refractivity contribution in [3.05, 3.63) is 29.3 Å². The average Bonchev–Trinajstić information content (AvgIpc) is 2.44. The van der Waals surface area contributed by atoms with E-state index < -0.39 is 0 Å². The molecule has 0 aromatic heterocycles. The Morgan fingerprint density at radius 3 is 2.63 bits per heavy atom. The van der Waals surface area contributed by atoms with Gasteiger partial charge in [0.2, 0.25) is 0 Å². The molecule has 0 bridgehead atoms. The van der Waals surface area contributed by atoms with Crippen LogP contribution in [-0.4, -0.2) is 26.8 Å². The number of hydrogen-bond donors (Lipinski definition) is 1. The van der Waals surface area contributed by atoms with Crippen LogP contribution in [0, 0.1) is 0 Å². The van der Waals surface area contributed by atoms with Crippen LogP contribution in [0.5, 0.6) is 11.5 Å². The predicted octanol–water partition coefficient (Wildman–Crippen LogP) is 3.50.